The van der Waals surface area contributed by atoms with Crippen LogP contribution in [0.3, 0.4) is 0 Å². The molecule has 0 aliphatic heterocycles. The molecule has 3 aromatic carbocycles. The predicted octanol–water partition coefficient (Wildman–Crippen LogP) is 5.78. The molecule has 4 rings (SSSR count). The van der Waals surface area contributed by atoms with Crippen LogP contribution in [0.2, 0.25) is 0 Å². The minimum atomic E-state index is -0.106. The standard InChI is InChI=1S/C24H23N3O/c1-24(2,3)18-11-7-17(8-12-18)23(28)26-19-13-9-16(10-14-19)20-5-4-6-22-21(20)15-25-27-22/h4-15H,1-3H3,(H,25,27)(H,26,28). The molecule has 0 fully saturated rings. The first-order valence-electron chi connectivity index (χ1n) is 9.36. The molecule has 28 heavy (non-hydrogen) atoms. The number of aromatic nitrogens is 2. The predicted molar refractivity (Wildman–Crippen MR) is 115 cm³/mol. The highest BCUT2D eigenvalue weighted by atomic mass is 16.1. The van der Waals surface area contributed by atoms with Gasteiger partial charge in [0.15, 0.2) is 0 Å². The summed E-state index contributed by atoms with van der Waals surface area (Å²) in [7, 11) is 0. The van der Waals surface area contributed by atoms with Gasteiger partial charge < -0.3 is 5.32 Å². The molecule has 0 spiro atoms. The fourth-order valence-corrected chi connectivity index (χ4v) is 3.28. The van der Waals surface area contributed by atoms with Crippen LogP contribution in [0, 0.1) is 0 Å². The Morgan fingerprint density at radius 2 is 1.64 bits per heavy atom. The van der Waals surface area contributed by atoms with E-state index in [1.165, 1.54) is 5.56 Å². The molecule has 0 bridgehead atoms. The van der Waals surface area contributed by atoms with Crippen LogP contribution in [0.5, 0.6) is 0 Å². The Labute approximate surface area is 164 Å². The van der Waals surface area contributed by atoms with Gasteiger partial charge in [-0.25, -0.2) is 0 Å². The van der Waals surface area contributed by atoms with Crippen molar-refractivity contribution in [2.75, 3.05) is 5.32 Å². The maximum atomic E-state index is 12.5. The lowest BCUT2D eigenvalue weighted by molar-refractivity contribution is 0.102. The molecule has 2 N–H and O–H groups in total. The highest BCUT2D eigenvalue weighted by Gasteiger charge is 2.14. The summed E-state index contributed by atoms with van der Waals surface area (Å²) in [6, 6.07) is 21.8. The van der Waals surface area contributed by atoms with Crippen molar-refractivity contribution in [1.82, 2.24) is 10.2 Å². The Kier molecular flexibility index (Phi) is 4.47. The quantitative estimate of drug-likeness (QED) is 0.481. The number of nitrogens with zero attached hydrogens (tertiary/aromatic N) is 1. The largest absolute Gasteiger partial charge is 0.322 e. The zero-order valence-electron chi connectivity index (χ0n) is 16.3. The van der Waals surface area contributed by atoms with Crippen LogP contribution in [0.25, 0.3) is 22.0 Å². The van der Waals surface area contributed by atoms with Crippen LogP contribution in [0.1, 0.15) is 36.7 Å². The van der Waals surface area contributed by atoms with Crippen molar-refractivity contribution in [3.05, 3.63) is 84.1 Å². The number of fused-ring (bicyclic) bond motifs is 1. The van der Waals surface area contributed by atoms with Gasteiger partial charge in [0.05, 0.1) is 11.7 Å². The Morgan fingerprint density at radius 3 is 2.32 bits per heavy atom. The topological polar surface area (TPSA) is 57.8 Å². The second-order valence-electron chi connectivity index (χ2n) is 8.00. The van der Waals surface area contributed by atoms with E-state index < -0.39 is 0 Å². The van der Waals surface area contributed by atoms with Gasteiger partial charge in [0.1, 0.15) is 0 Å². The molecular formula is C24H23N3O. The Balaban J connectivity index is 1.52. The maximum absolute atomic E-state index is 12.5. The van der Waals surface area contributed by atoms with Gasteiger partial charge in [-0.05, 0) is 52.4 Å². The van der Waals surface area contributed by atoms with Gasteiger partial charge in [-0.1, -0.05) is 57.2 Å². The van der Waals surface area contributed by atoms with Crippen LogP contribution in [-0.4, -0.2) is 16.1 Å². The average Bonchev–Trinajstić information content (AvgIpc) is 3.17. The first kappa shape index (κ1) is 18.0. The molecule has 1 heterocycles. The van der Waals surface area contributed by atoms with Gasteiger partial charge in [-0.3, -0.25) is 9.89 Å². The molecule has 1 amide bonds. The molecule has 0 unspecified atom stereocenters. The third-order valence-electron chi connectivity index (χ3n) is 4.95. The summed E-state index contributed by atoms with van der Waals surface area (Å²) in [6.45, 7) is 6.48. The molecule has 0 aliphatic carbocycles. The molecule has 0 saturated carbocycles. The summed E-state index contributed by atoms with van der Waals surface area (Å²) < 4.78 is 0. The van der Waals surface area contributed by atoms with Crippen molar-refractivity contribution < 1.29 is 4.79 Å². The number of hydrogen-bond acceptors (Lipinski definition) is 2. The Morgan fingerprint density at radius 1 is 0.929 bits per heavy atom. The van der Waals surface area contributed by atoms with Gasteiger partial charge in [-0.15, -0.1) is 0 Å². The molecule has 0 atom stereocenters. The number of rotatable bonds is 3. The number of anilines is 1. The normalized spacial score (nSPS) is 11.5. The Bertz CT molecular complexity index is 1120. The first-order valence-corrected chi connectivity index (χ1v) is 9.36. The minimum Gasteiger partial charge on any atom is -0.322 e. The van der Waals surface area contributed by atoms with E-state index >= 15 is 0 Å². The highest BCUT2D eigenvalue weighted by Crippen LogP contribution is 2.28. The number of benzene rings is 3. The summed E-state index contributed by atoms with van der Waals surface area (Å²) in [4.78, 5) is 12.5. The molecule has 4 nitrogen and oxygen atoms in total. The van der Waals surface area contributed by atoms with E-state index in [2.05, 4.69) is 42.4 Å². The van der Waals surface area contributed by atoms with E-state index in [4.69, 9.17) is 0 Å². The molecule has 4 heteroatoms. The molecule has 4 aromatic rings. The van der Waals surface area contributed by atoms with Crippen LogP contribution < -0.4 is 5.32 Å². The summed E-state index contributed by atoms with van der Waals surface area (Å²) in [5.41, 5.74) is 5.91. The van der Waals surface area contributed by atoms with Crippen molar-refractivity contribution in [2.24, 2.45) is 0 Å². The van der Waals surface area contributed by atoms with Crippen molar-refractivity contribution in [1.29, 1.82) is 0 Å². The zero-order chi connectivity index (χ0) is 19.7. The molecular weight excluding hydrogens is 346 g/mol. The fraction of sp³-hybridized carbons (Fsp3) is 0.167. The van der Waals surface area contributed by atoms with Crippen molar-refractivity contribution >= 4 is 22.5 Å². The van der Waals surface area contributed by atoms with E-state index in [1.54, 1.807) is 0 Å². The number of aromatic amines is 1. The van der Waals surface area contributed by atoms with E-state index in [0.29, 0.717) is 5.56 Å². The second-order valence-corrected chi connectivity index (χ2v) is 8.00. The van der Waals surface area contributed by atoms with Gasteiger partial charge >= 0.3 is 0 Å². The number of carbonyl (C=O) groups is 1. The maximum Gasteiger partial charge on any atom is 0.255 e. The summed E-state index contributed by atoms with van der Waals surface area (Å²) in [5.74, 6) is -0.106. The van der Waals surface area contributed by atoms with E-state index in [9.17, 15) is 4.79 Å². The zero-order valence-corrected chi connectivity index (χ0v) is 16.3. The molecule has 0 aliphatic rings. The van der Waals surface area contributed by atoms with Gasteiger partial charge in [0, 0.05) is 16.6 Å². The van der Waals surface area contributed by atoms with Crippen LogP contribution in [0.15, 0.2) is 72.9 Å². The first-order chi connectivity index (χ1) is 13.4. The lowest BCUT2D eigenvalue weighted by Gasteiger charge is -2.19. The molecule has 1 aromatic heterocycles. The Hall–Kier alpha value is -3.40. The minimum absolute atomic E-state index is 0.0721. The molecule has 140 valence electrons. The monoisotopic (exact) mass is 369 g/mol. The van der Waals surface area contributed by atoms with Crippen molar-refractivity contribution in [2.45, 2.75) is 26.2 Å². The highest BCUT2D eigenvalue weighted by molar-refractivity contribution is 6.04. The lowest BCUT2D eigenvalue weighted by Crippen LogP contribution is -2.14. The summed E-state index contributed by atoms with van der Waals surface area (Å²) >= 11 is 0. The number of hydrogen-bond donors (Lipinski definition) is 2. The average molecular weight is 369 g/mol. The van der Waals surface area contributed by atoms with E-state index in [1.807, 2.05) is 66.9 Å². The molecule has 0 saturated heterocycles. The van der Waals surface area contributed by atoms with Crippen LogP contribution in [0.4, 0.5) is 5.69 Å². The third-order valence-corrected chi connectivity index (χ3v) is 4.95. The van der Waals surface area contributed by atoms with Gasteiger partial charge in [0.2, 0.25) is 0 Å². The van der Waals surface area contributed by atoms with Crippen molar-refractivity contribution in [3.63, 3.8) is 0 Å². The summed E-state index contributed by atoms with van der Waals surface area (Å²) in [5, 5.41) is 11.2. The number of amides is 1. The van der Waals surface area contributed by atoms with Crippen LogP contribution >= 0.6 is 0 Å². The van der Waals surface area contributed by atoms with Gasteiger partial charge in [-0.2, -0.15) is 5.10 Å². The van der Waals surface area contributed by atoms with Gasteiger partial charge in [0.25, 0.3) is 5.91 Å². The number of carbonyl (C=O) groups excluding carboxylic acids is 1. The molecule has 0 radical (unpaired) electrons. The number of H-pyrrole nitrogens is 1. The lowest BCUT2D eigenvalue weighted by atomic mass is 9.87. The third kappa shape index (κ3) is 3.54. The second kappa shape index (κ2) is 6.97. The summed E-state index contributed by atoms with van der Waals surface area (Å²) in [6.07, 6.45) is 1.83. The fourth-order valence-electron chi connectivity index (χ4n) is 3.28. The van der Waals surface area contributed by atoms with Crippen LogP contribution in [-0.2, 0) is 5.41 Å². The van der Waals surface area contributed by atoms with E-state index in [-0.39, 0.29) is 11.3 Å². The smallest absolute Gasteiger partial charge is 0.255 e. The van der Waals surface area contributed by atoms with Crippen molar-refractivity contribution in [3.8, 4) is 11.1 Å². The SMILES string of the molecule is CC(C)(C)c1ccc(C(=O)Nc2ccc(-c3cccc4[nH]ncc34)cc2)cc1. The van der Waals surface area contributed by atoms with E-state index in [0.717, 1.165) is 27.7 Å². The number of nitrogens with one attached hydrogen (secondary N) is 2.